The molecule has 0 aromatic carbocycles. The normalized spacial score (nSPS) is 13.3. The first-order valence-corrected chi connectivity index (χ1v) is 24.3. The summed E-state index contributed by atoms with van der Waals surface area (Å²) in [7, 11) is 0. The molecule has 0 heterocycles. The Balaban J connectivity index is 3.43. The molecule has 4 nitrogen and oxygen atoms in total. The number of rotatable bonds is 44. The molecule has 0 spiro atoms. The molecule has 0 saturated carbocycles. The van der Waals surface area contributed by atoms with Crippen LogP contribution in [0.4, 0.5) is 0 Å². The van der Waals surface area contributed by atoms with Crippen molar-refractivity contribution in [2.75, 3.05) is 6.61 Å². The van der Waals surface area contributed by atoms with Crippen LogP contribution in [0.25, 0.3) is 0 Å². The number of allylic oxidation sites excluding steroid dienone is 8. The van der Waals surface area contributed by atoms with E-state index in [0.29, 0.717) is 12.8 Å². The summed E-state index contributed by atoms with van der Waals surface area (Å²) in [4.78, 5) is 12.4. The van der Waals surface area contributed by atoms with Crippen molar-refractivity contribution in [3.63, 3.8) is 0 Å². The number of amides is 1. The highest BCUT2D eigenvalue weighted by molar-refractivity contribution is 5.76. The van der Waals surface area contributed by atoms with E-state index >= 15 is 0 Å². The Bertz CT molecular complexity index is 877. The average Bonchev–Trinajstić information content (AvgIpc) is 3.19. The van der Waals surface area contributed by atoms with E-state index in [2.05, 4.69) is 67.8 Å². The standard InChI is InChI=1S/C51H95NO3/c1-3-5-7-9-11-13-15-17-18-19-20-21-22-23-24-25-26-27-28-29-30-31-32-33-34-35-37-39-41-43-45-47-51(55)52-49(48-53)50(54)46-44-42-40-38-36-16-14-12-10-8-6-4-2/h5,7,11,13,17-18,20-21,49-50,53-54H,3-4,6,8-10,12,14-16,19,22-48H2,1-2H3,(H,52,55)/b7-5-,13-11-,18-17-,21-20-. The fraction of sp³-hybridized carbons (Fsp3) is 0.824. The Morgan fingerprint density at radius 1 is 0.455 bits per heavy atom. The second-order valence-electron chi connectivity index (χ2n) is 16.5. The maximum absolute atomic E-state index is 12.4. The van der Waals surface area contributed by atoms with E-state index in [-0.39, 0.29) is 12.5 Å². The number of aliphatic hydroxyl groups excluding tert-OH is 2. The minimum atomic E-state index is -0.657. The summed E-state index contributed by atoms with van der Waals surface area (Å²) >= 11 is 0. The van der Waals surface area contributed by atoms with Gasteiger partial charge in [-0.05, 0) is 51.4 Å². The third-order valence-corrected chi connectivity index (χ3v) is 11.1. The molecule has 1 amide bonds. The molecular weight excluding hydrogens is 675 g/mol. The van der Waals surface area contributed by atoms with Gasteiger partial charge in [0.05, 0.1) is 18.8 Å². The number of carbonyl (C=O) groups is 1. The molecule has 0 saturated heterocycles. The van der Waals surface area contributed by atoms with Gasteiger partial charge >= 0.3 is 0 Å². The molecule has 0 aliphatic carbocycles. The maximum atomic E-state index is 12.4. The van der Waals surface area contributed by atoms with Gasteiger partial charge in [0, 0.05) is 6.42 Å². The second-order valence-corrected chi connectivity index (χ2v) is 16.5. The second kappa shape index (κ2) is 46.7. The zero-order chi connectivity index (χ0) is 40.0. The molecule has 0 rings (SSSR count). The van der Waals surface area contributed by atoms with Crippen molar-refractivity contribution in [2.24, 2.45) is 0 Å². The Morgan fingerprint density at radius 2 is 0.800 bits per heavy atom. The summed E-state index contributed by atoms with van der Waals surface area (Å²) in [6, 6.07) is -0.534. The van der Waals surface area contributed by atoms with E-state index in [1.165, 1.54) is 173 Å². The van der Waals surface area contributed by atoms with E-state index < -0.39 is 12.1 Å². The summed E-state index contributed by atoms with van der Waals surface area (Å²) in [5.41, 5.74) is 0. The van der Waals surface area contributed by atoms with Crippen LogP contribution >= 0.6 is 0 Å². The molecule has 0 aromatic rings. The number of unbranched alkanes of at least 4 members (excludes halogenated alkanes) is 29. The quantitative estimate of drug-likeness (QED) is 0.0427. The Labute approximate surface area is 344 Å². The Hall–Kier alpha value is -1.65. The predicted molar refractivity (Wildman–Crippen MR) is 244 cm³/mol. The van der Waals surface area contributed by atoms with Gasteiger partial charge in [-0.1, -0.05) is 242 Å². The summed E-state index contributed by atoms with van der Waals surface area (Å²) in [6.07, 6.45) is 63.6. The van der Waals surface area contributed by atoms with E-state index in [1.807, 2.05) is 0 Å². The van der Waals surface area contributed by atoms with E-state index in [1.54, 1.807) is 0 Å². The fourth-order valence-corrected chi connectivity index (χ4v) is 7.41. The molecule has 0 aliphatic heterocycles. The predicted octanol–water partition coefficient (Wildman–Crippen LogP) is 15.5. The van der Waals surface area contributed by atoms with Gasteiger partial charge in [0.15, 0.2) is 0 Å². The van der Waals surface area contributed by atoms with E-state index in [0.717, 1.165) is 51.4 Å². The molecule has 2 atom stereocenters. The van der Waals surface area contributed by atoms with Crippen LogP contribution < -0.4 is 5.32 Å². The topological polar surface area (TPSA) is 69.6 Å². The van der Waals surface area contributed by atoms with Crippen LogP contribution in [-0.4, -0.2) is 34.9 Å². The van der Waals surface area contributed by atoms with Gasteiger partial charge in [0.2, 0.25) is 5.91 Å². The first-order valence-electron chi connectivity index (χ1n) is 24.3. The number of carbonyl (C=O) groups excluding carboxylic acids is 1. The zero-order valence-electron chi connectivity index (χ0n) is 36.9. The minimum Gasteiger partial charge on any atom is -0.394 e. The molecule has 2 unspecified atom stereocenters. The monoisotopic (exact) mass is 770 g/mol. The largest absolute Gasteiger partial charge is 0.394 e. The highest BCUT2D eigenvalue weighted by Gasteiger charge is 2.20. The van der Waals surface area contributed by atoms with Crippen molar-refractivity contribution in [2.45, 2.75) is 264 Å². The lowest BCUT2D eigenvalue weighted by atomic mass is 10.0. The maximum Gasteiger partial charge on any atom is 0.220 e. The van der Waals surface area contributed by atoms with Crippen LogP contribution in [-0.2, 0) is 4.79 Å². The molecule has 55 heavy (non-hydrogen) atoms. The number of hydrogen-bond donors (Lipinski definition) is 3. The van der Waals surface area contributed by atoms with Crippen molar-refractivity contribution in [1.29, 1.82) is 0 Å². The number of hydrogen-bond acceptors (Lipinski definition) is 3. The van der Waals surface area contributed by atoms with E-state index in [4.69, 9.17) is 0 Å². The van der Waals surface area contributed by atoms with Crippen LogP contribution in [0.15, 0.2) is 48.6 Å². The Morgan fingerprint density at radius 3 is 1.20 bits per heavy atom. The lowest BCUT2D eigenvalue weighted by Gasteiger charge is -2.22. The van der Waals surface area contributed by atoms with Crippen molar-refractivity contribution >= 4 is 5.91 Å². The van der Waals surface area contributed by atoms with Crippen LogP contribution in [0.1, 0.15) is 251 Å². The van der Waals surface area contributed by atoms with Crippen LogP contribution in [0, 0.1) is 0 Å². The summed E-state index contributed by atoms with van der Waals surface area (Å²) in [6.45, 7) is 4.25. The molecule has 0 fully saturated rings. The van der Waals surface area contributed by atoms with Gasteiger partial charge < -0.3 is 15.5 Å². The van der Waals surface area contributed by atoms with Gasteiger partial charge in [0.25, 0.3) is 0 Å². The number of nitrogens with one attached hydrogen (secondary N) is 1. The van der Waals surface area contributed by atoms with Crippen molar-refractivity contribution in [3.05, 3.63) is 48.6 Å². The first-order chi connectivity index (χ1) is 27.2. The highest BCUT2D eigenvalue weighted by atomic mass is 16.3. The molecule has 0 radical (unpaired) electrons. The molecule has 3 N–H and O–H groups in total. The molecule has 0 bridgehead atoms. The van der Waals surface area contributed by atoms with Gasteiger partial charge in [-0.3, -0.25) is 4.79 Å². The Kier molecular flexibility index (Phi) is 45.3. The van der Waals surface area contributed by atoms with Crippen molar-refractivity contribution in [1.82, 2.24) is 5.32 Å². The average molecular weight is 770 g/mol. The number of aliphatic hydroxyl groups is 2. The van der Waals surface area contributed by atoms with Crippen molar-refractivity contribution in [3.8, 4) is 0 Å². The SMILES string of the molecule is CC/C=C\C/C=C\C/C=C\C/C=C\CCCCCCCCCCCCCCCCCCCCC(=O)NC(CO)C(O)CCCCCCCCCCCCCC. The summed E-state index contributed by atoms with van der Waals surface area (Å²) in [5.74, 6) is -0.0306. The minimum absolute atomic E-state index is 0.0306. The van der Waals surface area contributed by atoms with Gasteiger partial charge in [0.1, 0.15) is 0 Å². The smallest absolute Gasteiger partial charge is 0.220 e. The third-order valence-electron chi connectivity index (χ3n) is 11.1. The van der Waals surface area contributed by atoms with Gasteiger partial charge in [-0.2, -0.15) is 0 Å². The molecule has 322 valence electrons. The molecule has 0 aromatic heterocycles. The summed E-state index contributed by atoms with van der Waals surface area (Å²) in [5, 5.41) is 23.2. The lowest BCUT2D eigenvalue weighted by molar-refractivity contribution is -0.123. The summed E-state index contributed by atoms with van der Waals surface area (Å²) < 4.78 is 0. The molecular formula is C51H95NO3. The van der Waals surface area contributed by atoms with Gasteiger partial charge in [-0.25, -0.2) is 0 Å². The van der Waals surface area contributed by atoms with Crippen LogP contribution in [0.3, 0.4) is 0 Å². The van der Waals surface area contributed by atoms with E-state index in [9.17, 15) is 15.0 Å². The van der Waals surface area contributed by atoms with Crippen LogP contribution in [0.5, 0.6) is 0 Å². The zero-order valence-corrected chi connectivity index (χ0v) is 36.9. The lowest BCUT2D eigenvalue weighted by Crippen LogP contribution is -2.45. The van der Waals surface area contributed by atoms with Crippen LogP contribution in [0.2, 0.25) is 0 Å². The van der Waals surface area contributed by atoms with Crippen molar-refractivity contribution < 1.29 is 15.0 Å². The first kappa shape index (κ1) is 53.4. The van der Waals surface area contributed by atoms with Gasteiger partial charge in [-0.15, -0.1) is 0 Å². The molecule has 0 aliphatic rings. The fourth-order valence-electron chi connectivity index (χ4n) is 7.41. The molecule has 4 heteroatoms. The third kappa shape index (κ3) is 43.3. The highest BCUT2D eigenvalue weighted by Crippen LogP contribution is 2.16.